The monoisotopic (exact) mass is 431 g/mol. The molecule has 1 atom stereocenters. The Balaban J connectivity index is 1.60. The zero-order chi connectivity index (χ0) is 18.1. The van der Waals surface area contributed by atoms with Crippen molar-refractivity contribution < 1.29 is 9.32 Å². The van der Waals surface area contributed by atoms with Gasteiger partial charge >= 0.3 is 0 Å². The first-order chi connectivity index (χ1) is 12.6. The number of likely N-dealkylation sites (tertiary alicyclic amines) is 1. The average Bonchev–Trinajstić information content (AvgIpc) is 3.31. The Kier molecular flexibility index (Phi) is 4.78. The highest BCUT2D eigenvalue weighted by Gasteiger charge is 2.35. The second-order valence-corrected chi connectivity index (χ2v) is 7.42. The summed E-state index contributed by atoms with van der Waals surface area (Å²) in [5, 5.41) is 4.53. The summed E-state index contributed by atoms with van der Waals surface area (Å²) in [7, 11) is 0. The Morgan fingerprint density at radius 1 is 1.19 bits per heavy atom. The summed E-state index contributed by atoms with van der Waals surface area (Å²) < 4.78 is 6.46. The Morgan fingerprint density at radius 3 is 2.73 bits per heavy atom. The van der Waals surface area contributed by atoms with Gasteiger partial charge in [0, 0.05) is 16.6 Å². The van der Waals surface area contributed by atoms with Gasteiger partial charge in [-0.05, 0) is 49.2 Å². The third-order valence-electron chi connectivity index (χ3n) is 4.45. The molecule has 0 saturated carbocycles. The Hall–Kier alpha value is -2.18. The highest BCUT2D eigenvalue weighted by Crippen LogP contribution is 2.34. The van der Waals surface area contributed by atoms with Crippen LogP contribution in [0.3, 0.4) is 0 Å². The molecule has 4 rings (SSSR count). The van der Waals surface area contributed by atoms with E-state index in [0.29, 0.717) is 28.8 Å². The zero-order valence-electron chi connectivity index (χ0n) is 13.7. The molecule has 1 aromatic heterocycles. The number of rotatable bonds is 3. The third-order valence-corrected chi connectivity index (χ3v) is 5.31. The van der Waals surface area contributed by atoms with Crippen LogP contribution in [0.2, 0.25) is 5.02 Å². The molecule has 1 aliphatic rings. The molecule has 1 fully saturated rings. The molecule has 1 amide bonds. The van der Waals surface area contributed by atoms with Gasteiger partial charge in [0.1, 0.15) is 6.04 Å². The molecule has 1 unspecified atom stereocenters. The topological polar surface area (TPSA) is 59.2 Å². The average molecular weight is 433 g/mol. The Labute approximate surface area is 164 Å². The third kappa shape index (κ3) is 3.27. The molecule has 0 spiro atoms. The van der Waals surface area contributed by atoms with Crippen molar-refractivity contribution in [3.05, 3.63) is 69.5 Å². The molecule has 7 heteroatoms. The number of nitrogens with zero attached hydrogens (tertiary/aromatic N) is 3. The summed E-state index contributed by atoms with van der Waals surface area (Å²) in [5.41, 5.74) is 1.36. The lowest BCUT2D eigenvalue weighted by Crippen LogP contribution is -2.30. The van der Waals surface area contributed by atoms with E-state index < -0.39 is 0 Å². The van der Waals surface area contributed by atoms with Crippen LogP contribution >= 0.6 is 27.5 Å². The van der Waals surface area contributed by atoms with Crippen molar-refractivity contribution >= 4 is 33.4 Å². The number of carbonyl (C=O) groups is 1. The fraction of sp³-hybridized carbons (Fsp3) is 0.211. The standard InChI is InChI=1S/C19H15BrClN3O2/c20-13-9-7-12(8-10-13)17-22-18(26-23-17)16-6-3-11-24(16)19(25)14-4-1-2-5-15(14)21/h1-2,4-5,7-10,16H,3,6,11H2. The van der Waals surface area contributed by atoms with Crippen molar-refractivity contribution in [2.75, 3.05) is 6.54 Å². The summed E-state index contributed by atoms with van der Waals surface area (Å²) in [4.78, 5) is 19.2. The first-order valence-electron chi connectivity index (χ1n) is 8.28. The number of hydrogen-bond donors (Lipinski definition) is 0. The minimum Gasteiger partial charge on any atom is -0.337 e. The van der Waals surface area contributed by atoms with Crippen LogP contribution in [0.4, 0.5) is 0 Å². The van der Waals surface area contributed by atoms with Gasteiger partial charge in [0.2, 0.25) is 11.7 Å². The number of hydrogen-bond acceptors (Lipinski definition) is 4. The smallest absolute Gasteiger partial charge is 0.256 e. The molecule has 0 aliphatic carbocycles. The molecule has 5 nitrogen and oxygen atoms in total. The SMILES string of the molecule is O=C(c1ccccc1Cl)N1CCCC1c1nc(-c2ccc(Br)cc2)no1. The number of amides is 1. The van der Waals surface area contributed by atoms with Crippen molar-refractivity contribution in [1.29, 1.82) is 0 Å². The van der Waals surface area contributed by atoms with E-state index in [-0.39, 0.29) is 11.9 Å². The van der Waals surface area contributed by atoms with Gasteiger partial charge in [0.15, 0.2) is 0 Å². The van der Waals surface area contributed by atoms with Crippen molar-refractivity contribution in [2.24, 2.45) is 0 Å². The molecule has 26 heavy (non-hydrogen) atoms. The van der Waals surface area contributed by atoms with Crippen molar-refractivity contribution in [3.8, 4) is 11.4 Å². The fourth-order valence-corrected chi connectivity index (χ4v) is 3.62. The minimum absolute atomic E-state index is 0.110. The van der Waals surface area contributed by atoms with Gasteiger partial charge < -0.3 is 9.42 Å². The number of halogens is 2. The second-order valence-electron chi connectivity index (χ2n) is 6.10. The van der Waals surface area contributed by atoms with E-state index in [9.17, 15) is 4.79 Å². The first kappa shape index (κ1) is 17.2. The number of carbonyl (C=O) groups excluding carboxylic acids is 1. The molecule has 2 heterocycles. The van der Waals surface area contributed by atoms with Crippen molar-refractivity contribution in [2.45, 2.75) is 18.9 Å². The Morgan fingerprint density at radius 2 is 1.96 bits per heavy atom. The minimum atomic E-state index is -0.226. The van der Waals surface area contributed by atoms with Gasteiger partial charge in [-0.25, -0.2) is 0 Å². The van der Waals surface area contributed by atoms with Gasteiger partial charge in [-0.2, -0.15) is 4.98 Å². The Bertz CT molecular complexity index is 942. The van der Waals surface area contributed by atoms with E-state index >= 15 is 0 Å². The largest absolute Gasteiger partial charge is 0.337 e. The van der Waals surface area contributed by atoms with E-state index in [2.05, 4.69) is 26.1 Å². The van der Waals surface area contributed by atoms with Gasteiger partial charge in [-0.1, -0.05) is 44.8 Å². The van der Waals surface area contributed by atoms with Crippen LogP contribution in [-0.4, -0.2) is 27.5 Å². The summed E-state index contributed by atoms with van der Waals surface area (Å²) >= 11 is 9.60. The van der Waals surface area contributed by atoms with E-state index in [0.717, 1.165) is 22.9 Å². The van der Waals surface area contributed by atoms with Gasteiger partial charge in [0.05, 0.1) is 10.6 Å². The van der Waals surface area contributed by atoms with Crippen LogP contribution in [-0.2, 0) is 0 Å². The molecular weight excluding hydrogens is 418 g/mol. The first-order valence-corrected chi connectivity index (χ1v) is 9.45. The predicted octanol–water partition coefficient (Wildman–Crippen LogP) is 5.13. The van der Waals surface area contributed by atoms with Crippen LogP contribution in [0.1, 0.15) is 35.1 Å². The lowest BCUT2D eigenvalue weighted by atomic mass is 10.1. The molecule has 0 radical (unpaired) electrons. The molecule has 0 bridgehead atoms. The molecule has 132 valence electrons. The quantitative estimate of drug-likeness (QED) is 0.576. The van der Waals surface area contributed by atoms with Crippen LogP contribution in [0, 0.1) is 0 Å². The summed E-state index contributed by atoms with van der Waals surface area (Å²) in [6, 6.07) is 14.5. The number of benzene rings is 2. The molecule has 2 aromatic carbocycles. The summed E-state index contributed by atoms with van der Waals surface area (Å²) in [6.07, 6.45) is 1.68. The van der Waals surface area contributed by atoms with Gasteiger partial charge in [-0.3, -0.25) is 4.79 Å². The molecule has 1 aliphatic heterocycles. The van der Waals surface area contributed by atoms with Crippen LogP contribution in [0.25, 0.3) is 11.4 Å². The molecular formula is C19H15BrClN3O2. The maximum Gasteiger partial charge on any atom is 0.256 e. The molecule has 1 saturated heterocycles. The van der Waals surface area contributed by atoms with Crippen molar-refractivity contribution in [1.82, 2.24) is 15.0 Å². The van der Waals surface area contributed by atoms with Gasteiger partial charge in [0.25, 0.3) is 5.91 Å². The molecule has 0 N–H and O–H groups in total. The highest BCUT2D eigenvalue weighted by molar-refractivity contribution is 9.10. The lowest BCUT2D eigenvalue weighted by Gasteiger charge is -2.22. The van der Waals surface area contributed by atoms with Crippen molar-refractivity contribution in [3.63, 3.8) is 0 Å². The van der Waals surface area contributed by atoms with E-state index in [4.69, 9.17) is 16.1 Å². The maximum absolute atomic E-state index is 12.9. The highest BCUT2D eigenvalue weighted by atomic mass is 79.9. The van der Waals surface area contributed by atoms with Crippen LogP contribution in [0.15, 0.2) is 57.5 Å². The number of aromatic nitrogens is 2. The predicted molar refractivity (Wildman–Crippen MR) is 102 cm³/mol. The lowest BCUT2D eigenvalue weighted by molar-refractivity contribution is 0.0710. The fourth-order valence-electron chi connectivity index (χ4n) is 3.14. The van der Waals surface area contributed by atoms with Crippen LogP contribution < -0.4 is 0 Å². The molecule has 3 aromatic rings. The van der Waals surface area contributed by atoms with E-state index in [1.165, 1.54) is 0 Å². The van der Waals surface area contributed by atoms with Gasteiger partial charge in [-0.15, -0.1) is 0 Å². The zero-order valence-corrected chi connectivity index (χ0v) is 16.1. The summed E-state index contributed by atoms with van der Waals surface area (Å²) in [5.74, 6) is 0.867. The summed E-state index contributed by atoms with van der Waals surface area (Å²) in [6.45, 7) is 0.644. The maximum atomic E-state index is 12.9. The van der Waals surface area contributed by atoms with E-state index in [1.54, 1.807) is 17.0 Å². The normalized spacial score (nSPS) is 16.8. The second kappa shape index (κ2) is 7.21. The van der Waals surface area contributed by atoms with E-state index in [1.807, 2.05) is 36.4 Å². The van der Waals surface area contributed by atoms with Crippen LogP contribution in [0.5, 0.6) is 0 Å².